The molecule has 23 heavy (non-hydrogen) atoms. The molecular formula is C16H22N2O5. The van der Waals surface area contributed by atoms with Gasteiger partial charge in [0.2, 0.25) is 0 Å². The zero-order valence-corrected chi connectivity index (χ0v) is 13.6. The second-order valence-corrected chi connectivity index (χ2v) is 6.00. The number of nitrogens with one attached hydrogen (secondary N) is 2. The maximum absolute atomic E-state index is 12.7. The lowest BCUT2D eigenvalue weighted by Gasteiger charge is -2.27. The first kappa shape index (κ1) is 17.2. The standard InChI is InChI=1S/C16H22N2O5/c1-4-11-13(10(3)19)9(2)17-14(11)15(22)18-16(7-12(20)21)5-6-23-8-16/h17H,4-8H2,1-3H3,(H,18,22)(H,20,21). The molecule has 1 amide bonds. The summed E-state index contributed by atoms with van der Waals surface area (Å²) in [6.45, 7) is 5.67. The van der Waals surface area contributed by atoms with E-state index in [1.165, 1.54) is 6.92 Å². The van der Waals surface area contributed by atoms with E-state index in [9.17, 15) is 14.4 Å². The van der Waals surface area contributed by atoms with E-state index in [0.29, 0.717) is 42.0 Å². The van der Waals surface area contributed by atoms with Crippen molar-refractivity contribution in [3.05, 3.63) is 22.5 Å². The summed E-state index contributed by atoms with van der Waals surface area (Å²) >= 11 is 0. The molecule has 1 aromatic heterocycles. The number of hydrogen-bond acceptors (Lipinski definition) is 4. The fraction of sp³-hybridized carbons (Fsp3) is 0.562. The summed E-state index contributed by atoms with van der Waals surface area (Å²) in [5.74, 6) is -1.48. The van der Waals surface area contributed by atoms with Crippen molar-refractivity contribution >= 4 is 17.7 Å². The third-order valence-electron chi connectivity index (χ3n) is 4.20. The minimum atomic E-state index is -0.987. The van der Waals surface area contributed by atoms with Gasteiger partial charge in [0, 0.05) is 17.9 Å². The lowest BCUT2D eigenvalue weighted by Crippen LogP contribution is -2.50. The zero-order chi connectivity index (χ0) is 17.2. The number of H-pyrrole nitrogens is 1. The Bertz CT molecular complexity index is 641. The molecule has 0 aliphatic carbocycles. The predicted molar refractivity (Wildman–Crippen MR) is 82.8 cm³/mol. The van der Waals surface area contributed by atoms with Gasteiger partial charge in [-0.05, 0) is 32.3 Å². The number of carbonyl (C=O) groups is 3. The smallest absolute Gasteiger partial charge is 0.305 e. The molecule has 2 rings (SSSR count). The van der Waals surface area contributed by atoms with Crippen molar-refractivity contribution < 1.29 is 24.2 Å². The van der Waals surface area contributed by atoms with E-state index in [-0.39, 0.29) is 18.8 Å². The van der Waals surface area contributed by atoms with E-state index in [2.05, 4.69) is 10.3 Å². The largest absolute Gasteiger partial charge is 0.481 e. The Labute approximate surface area is 134 Å². The van der Waals surface area contributed by atoms with Crippen LogP contribution in [0, 0.1) is 6.92 Å². The van der Waals surface area contributed by atoms with Crippen LogP contribution in [0.5, 0.6) is 0 Å². The number of aromatic nitrogens is 1. The van der Waals surface area contributed by atoms with Crippen LogP contribution in [0.1, 0.15) is 58.8 Å². The molecule has 1 aliphatic heterocycles. The van der Waals surface area contributed by atoms with Crippen molar-refractivity contribution in [3.8, 4) is 0 Å². The van der Waals surface area contributed by atoms with Crippen molar-refractivity contribution in [3.63, 3.8) is 0 Å². The molecule has 7 nitrogen and oxygen atoms in total. The van der Waals surface area contributed by atoms with Gasteiger partial charge in [-0.25, -0.2) is 0 Å². The van der Waals surface area contributed by atoms with E-state index in [0.717, 1.165) is 0 Å². The van der Waals surface area contributed by atoms with E-state index < -0.39 is 17.4 Å². The van der Waals surface area contributed by atoms with Gasteiger partial charge in [-0.15, -0.1) is 0 Å². The molecule has 1 aromatic rings. The summed E-state index contributed by atoms with van der Waals surface area (Å²) in [7, 11) is 0. The SMILES string of the molecule is CCc1c(C(=O)NC2(CC(=O)O)CCOC2)[nH]c(C)c1C(C)=O. The van der Waals surface area contributed by atoms with Gasteiger partial charge in [-0.1, -0.05) is 6.92 Å². The first-order valence-electron chi connectivity index (χ1n) is 7.64. The highest BCUT2D eigenvalue weighted by molar-refractivity contribution is 6.03. The lowest BCUT2D eigenvalue weighted by molar-refractivity contribution is -0.138. The number of carbonyl (C=O) groups excluding carboxylic acids is 2. The van der Waals surface area contributed by atoms with E-state index in [1.807, 2.05) is 6.92 Å². The van der Waals surface area contributed by atoms with Crippen LogP contribution in [0.3, 0.4) is 0 Å². The van der Waals surface area contributed by atoms with Gasteiger partial charge in [0.15, 0.2) is 5.78 Å². The van der Waals surface area contributed by atoms with Gasteiger partial charge in [-0.3, -0.25) is 14.4 Å². The maximum Gasteiger partial charge on any atom is 0.305 e. The topological polar surface area (TPSA) is 108 Å². The van der Waals surface area contributed by atoms with Crippen molar-refractivity contribution in [1.82, 2.24) is 10.3 Å². The summed E-state index contributed by atoms with van der Waals surface area (Å²) in [5.41, 5.74) is 1.27. The zero-order valence-electron chi connectivity index (χ0n) is 13.6. The van der Waals surface area contributed by atoms with Crippen LogP contribution in [0.15, 0.2) is 0 Å². The molecule has 1 saturated heterocycles. The molecule has 0 bridgehead atoms. The van der Waals surface area contributed by atoms with E-state index in [1.54, 1.807) is 6.92 Å². The molecule has 2 heterocycles. The number of aliphatic carboxylic acids is 1. The fourth-order valence-electron chi connectivity index (χ4n) is 3.18. The first-order chi connectivity index (χ1) is 10.8. The fourth-order valence-corrected chi connectivity index (χ4v) is 3.18. The number of hydrogen-bond donors (Lipinski definition) is 3. The number of carboxylic acid groups (broad SMARTS) is 1. The minimum Gasteiger partial charge on any atom is -0.481 e. The predicted octanol–water partition coefficient (Wildman–Crippen LogP) is 1.45. The Balaban J connectivity index is 2.31. The van der Waals surface area contributed by atoms with Gasteiger partial charge in [-0.2, -0.15) is 0 Å². The average molecular weight is 322 g/mol. The number of aryl methyl sites for hydroxylation is 1. The molecule has 0 radical (unpaired) electrons. The van der Waals surface area contributed by atoms with Gasteiger partial charge < -0.3 is 20.1 Å². The van der Waals surface area contributed by atoms with Crippen LogP contribution in [-0.4, -0.2) is 46.5 Å². The molecular weight excluding hydrogens is 300 g/mol. The number of amides is 1. The molecule has 1 aliphatic rings. The van der Waals surface area contributed by atoms with Crippen LogP contribution in [0.4, 0.5) is 0 Å². The second-order valence-electron chi connectivity index (χ2n) is 6.00. The number of Topliss-reactive ketones (excluding diaryl/α,β-unsaturated/α-hetero) is 1. The van der Waals surface area contributed by atoms with Gasteiger partial charge in [0.25, 0.3) is 5.91 Å². The highest BCUT2D eigenvalue weighted by Gasteiger charge is 2.39. The quantitative estimate of drug-likeness (QED) is 0.687. The van der Waals surface area contributed by atoms with Crippen LogP contribution in [0.2, 0.25) is 0 Å². The Morgan fingerprint density at radius 2 is 2.09 bits per heavy atom. The molecule has 1 atom stereocenters. The molecule has 1 unspecified atom stereocenters. The first-order valence-corrected chi connectivity index (χ1v) is 7.64. The summed E-state index contributed by atoms with van der Waals surface area (Å²) in [5, 5.41) is 11.9. The normalized spacial score (nSPS) is 20.5. The molecule has 126 valence electrons. The van der Waals surface area contributed by atoms with E-state index in [4.69, 9.17) is 9.84 Å². The van der Waals surface area contributed by atoms with Crippen LogP contribution >= 0.6 is 0 Å². The van der Waals surface area contributed by atoms with Crippen LogP contribution in [0.25, 0.3) is 0 Å². The van der Waals surface area contributed by atoms with Gasteiger partial charge in [0.05, 0.1) is 18.6 Å². The van der Waals surface area contributed by atoms with Crippen LogP contribution in [-0.2, 0) is 16.0 Å². The van der Waals surface area contributed by atoms with Crippen LogP contribution < -0.4 is 5.32 Å². The molecule has 0 spiro atoms. The van der Waals surface area contributed by atoms with Crippen molar-refractivity contribution in [2.24, 2.45) is 0 Å². The number of aromatic amines is 1. The van der Waals surface area contributed by atoms with Gasteiger partial charge >= 0.3 is 5.97 Å². The summed E-state index contributed by atoms with van der Waals surface area (Å²) < 4.78 is 5.28. The van der Waals surface area contributed by atoms with E-state index >= 15 is 0 Å². The summed E-state index contributed by atoms with van der Waals surface area (Å²) in [6, 6.07) is 0. The number of ether oxygens (including phenoxy) is 1. The highest BCUT2D eigenvalue weighted by atomic mass is 16.5. The number of carboxylic acids is 1. The van der Waals surface area contributed by atoms with Crippen molar-refractivity contribution in [2.45, 2.75) is 45.6 Å². The minimum absolute atomic E-state index is 0.0981. The Morgan fingerprint density at radius 3 is 2.57 bits per heavy atom. The number of ketones is 1. The molecule has 0 saturated carbocycles. The second kappa shape index (κ2) is 6.54. The van der Waals surface area contributed by atoms with Crippen molar-refractivity contribution in [1.29, 1.82) is 0 Å². The monoisotopic (exact) mass is 322 g/mol. The summed E-state index contributed by atoms with van der Waals surface area (Å²) in [4.78, 5) is 38.5. The molecule has 7 heteroatoms. The maximum atomic E-state index is 12.7. The molecule has 0 aromatic carbocycles. The average Bonchev–Trinajstić information content (AvgIpc) is 3.02. The summed E-state index contributed by atoms with van der Waals surface area (Å²) in [6.07, 6.45) is 0.787. The highest BCUT2D eigenvalue weighted by Crippen LogP contribution is 2.25. The Kier molecular flexibility index (Phi) is 4.89. The van der Waals surface area contributed by atoms with Crippen molar-refractivity contribution in [2.75, 3.05) is 13.2 Å². The molecule has 1 fully saturated rings. The third kappa shape index (κ3) is 3.44. The third-order valence-corrected chi connectivity index (χ3v) is 4.20. The Hall–Kier alpha value is -2.15. The Morgan fingerprint density at radius 1 is 1.39 bits per heavy atom. The molecule has 3 N–H and O–H groups in total. The van der Waals surface area contributed by atoms with Gasteiger partial charge in [0.1, 0.15) is 5.69 Å². The lowest BCUT2D eigenvalue weighted by atomic mass is 9.93. The number of rotatable bonds is 6.